The third-order valence-corrected chi connectivity index (χ3v) is 3.40. The van der Waals surface area contributed by atoms with Crippen molar-refractivity contribution < 1.29 is 9.53 Å². The predicted molar refractivity (Wildman–Crippen MR) is 95.9 cm³/mol. The van der Waals surface area contributed by atoms with Crippen molar-refractivity contribution >= 4 is 28.9 Å². The number of nitrogens with two attached hydrogens (primary N) is 1. The Morgan fingerprint density at radius 2 is 1.87 bits per heavy atom. The van der Waals surface area contributed by atoms with E-state index in [0.717, 1.165) is 11.3 Å². The van der Waals surface area contributed by atoms with Crippen molar-refractivity contribution in [2.45, 2.75) is 6.42 Å². The normalized spacial score (nSPS) is 9.96. The number of benzene rings is 2. The highest BCUT2D eigenvalue weighted by atomic mass is 32.1. The second-order valence-electron chi connectivity index (χ2n) is 4.85. The maximum Gasteiger partial charge on any atom is 0.253 e. The van der Waals surface area contributed by atoms with Gasteiger partial charge in [-0.15, -0.1) is 0 Å². The number of anilines is 1. The molecule has 4 N–H and O–H groups in total. The van der Waals surface area contributed by atoms with E-state index in [4.69, 9.17) is 22.7 Å². The molecule has 23 heavy (non-hydrogen) atoms. The van der Waals surface area contributed by atoms with Crippen LogP contribution in [0.2, 0.25) is 0 Å². The van der Waals surface area contributed by atoms with Gasteiger partial charge in [-0.2, -0.15) is 0 Å². The maximum absolute atomic E-state index is 12.3. The zero-order valence-electron chi connectivity index (χ0n) is 12.8. The molecule has 0 radical (unpaired) electrons. The van der Waals surface area contributed by atoms with E-state index in [2.05, 4.69) is 10.6 Å². The lowest BCUT2D eigenvalue weighted by Gasteiger charge is -2.12. The average molecular weight is 329 g/mol. The quantitative estimate of drug-likeness (QED) is 0.709. The van der Waals surface area contributed by atoms with Crippen LogP contribution in [-0.2, 0) is 6.42 Å². The van der Waals surface area contributed by atoms with Crippen LogP contribution in [0.3, 0.4) is 0 Å². The van der Waals surface area contributed by atoms with Crippen molar-refractivity contribution in [3.05, 3.63) is 59.7 Å². The maximum atomic E-state index is 12.3. The van der Waals surface area contributed by atoms with Gasteiger partial charge in [-0.3, -0.25) is 4.79 Å². The minimum atomic E-state index is -0.181. The second kappa shape index (κ2) is 8.14. The molecule has 6 heteroatoms. The highest BCUT2D eigenvalue weighted by molar-refractivity contribution is 7.80. The Hall–Kier alpha value is -2.60. The summed E-state index contributed by atoms with van der Waals surface area (Å²) < 4.78 is 5.30. The van der Waals surface area contributed by atoms with Gasteiger partial charge in [-0.05, 0) is 42.4 Å². The van der Waals surface area contributed by atoms with Crippen molar-refractivity contribution in [1.82, 2.24) is 5.32 Å². The number of carbonyl (C=O) groups excluding carboxylic acids is 1. The molecule has 2 rings (SSSR count). The van der Waals surface area contributed by atoms with Gasteiger partial charge in [0.05, 0.1) is 18.4 Å². The molecule has 0 bridgehead atoms. The molecule has 2 aromatic rings. The third-order valence-electron chi connectivity index (χ3n) is 3.30. The van der Waals surface area contributed by atoms with E-state index in [0.29, 0.717) is 24.2 Å². The molecule has 0 aliphatic rings. The van der Waals surface area contributed by atoms with Gasteiger partial charge < -0.3 is 21.1 Å². The molecular formula is C17H19N3O2S. The van der Waals surface area contributed by atoms with E-state index in [1.165, 1.54) is 0 Å². The summed E-state index contributed by atoms with van der Waals surface area (Å²) in [4.78, 5) is 12.3. The first-order valence-electron chi connectivity index (χ1n) is 7.17. The number of amides is 1. The molecule has 0 spiro atoms. The number of methoxy groups -OCH3 is 1. The molecule has 2 aromatic carbocycles. The van der Waals surface area contributed by atoms with Gasteiger partial charge in [0.2, 0.25) is 0 Å². The Bertz CT molecular complexity index is 704. The van der Waals surface area contributed by atoms with Crippen LogP contribution < -0.4 is 21.1 Å². The van der Waals surface area contributed by atoms with Crippen LogP contribution in [0.4, 0.5) is 5.69 Å². The van der Waals surface area contributed by atoms with Gasteiger partial charge in [0.1, 0.15) is 5.75 Å². The van der Waals surface area contributed by atoms with Crippen molar-refractivity contribution in [1.29, 1.82) is 0 Å². The Kier molecular flexibility index (Phi) is 5.94. The monoisotopic (exact) mass is 329 g/mol. The van der Waals surface area contributed by atoms with Crippen molar-refractivity contribution in [2.24, 2.45) is 5.73 Å². The first kappa shape index (κ1) is 16.8. The highest BCUT2D eigenvalue weighted by Gasteiger charge is 2.11. The lowest BCUT2D eigenvalue weighted by atomic mass is 10.1. The van der Waals surface area contributed by atoms with Crippen molar-refractivity contribution in [3.8, 4) is 5.75 Å². The largest absolute Gasteiger partial charge is 0.496 e. The molecule has 0 unspecified atom stereocenters. The van der Waals surface area contributed by atoms with Crippen molar-refractivity contribution in [2.75, 3.05) is 19.0 Å². The standard InChI is InChI=1S/C17H19N3O2S/c1-22-15-9-5-2-6-12(15)10-11-19-16(21)13-7-3-4-8-14(13)20-17(18)23/h2-9H,10-11H2,1H3,(H,19,21)(H3,18,20,23). The lowest BCUT2D eigenvalue weighted by Crippen LogP contribution is -2.28. The predicted octanol–water partition coefficient (Wildman–Crippen LogP) is 2.32. The zero-order chi connectivity index (χ0) is 16.7. The second-order valence-corrected chi connectivity index (χ2v) is 5.29. The van der Waals surface area contributed by atoms with Crippen molar-refractivity contribution in [3.63, 3.8) is 0 Å². The topological polar surface area (TPSA) is 76.4 Å². The van der Waals surface area contributed by atoms with Gasteiger partial charge >= 0.3 is 0 Å². The summed E-state index contributed by atoms with van der Waals surface area (Å²) in [6.07, 6.45) is 0.681. The number of para-hydroxylation sites is 2. The fourth-order valence-corrected chi connectivity index (χ4v) is 2.35. The number of ether oxygens (including phenoxy) is 1. The zero-order valence-corrected chi connectivity index (χ0v) is 13.7. The number of rotatable bonds is 6. The van der Waals surface area contributed by atoms with Crippen LogP contribution in [0.15, 0.2) is 48.5 Å². The summed E-state index contributed by atoms with van der Waals surface area (Å²) in [5.41, 5.74) is 7.62. The summed E-state index contributed by atoms with van der Waals surface area (Å²) >= 11 is 4.82. The summed E-state index contributed by atoms with van der Waals surface area (Å²) in [6.45, 7) is 0.501. The van der Waals surface area contributed by atoms with E-state index in [-0.39, 0.29) is 11.0 Å². The number of carbonyl (C=O) groups is 1. The molecular weight excluding hydrogens is 310 g/mol. The Morgan fingerprint density at radius 3 is 2.61 bits per heavy atom. The number of thiocarbonyl (C=S) groups is 1. The minimum absolute atomic E-state index is 0.124. The van der Waals surface area contributed by atoms with Gasteiger partial charge in [-0.25, -0.2) is 0 Å². The average Bonchev–Trinajstić information content (AvgIpc) is 2.55. The molecule has 5 nitrogen and oxygen atoms in total. The molecule has 0 aromatic heterocycles. The summed E-state index contributed by atoms with van der Waals surface area (Å²) in [7, 11) is 1.63. The van der Waals surface area contributed by atoms with Gasteiger partial charge in [0.15, 0.2) is 5.11 Å². The molecule has 1 amide bonds. The number of hydrogen-bond acceptors (Lipinski definition) is 3. The van der Waals surface area contributed by atoms with E-state index in [1.807, 2.05) is 30.3 Å². The molecule has 0 saturated carbocycles. The van der Waals surface area contributed by atoms with Crippen LogP contribution in [-0.4, -0.2) is 24.7 Å². The van der Waals surface area contributed by atoms with Crippen LogP contribution in [0, 0.1) is 0 Å². The van der Waals surface area contributed by atoms with Crippen LogP contribution in [0.5, 0.6) is 5.75 Å². The summed E-state index contributed by atoms with van der Waals surface area (Å²) in [6, 6.07) is 14.8. The Labute approximate surface area is 140 Å². The molecule has 0 aliphatic carbocycles. The van der Waals surface area contributed by atoms with Crippen LogP contribution in [0.1, 0.15) is 15.9 Å². The summed E-state index contributed by atoms with van der Waals surface area (Å²) in [5.74, 6) is 0.636. The van der Waals surface area contributed by atoms with Crippen LogP contribution in [0.25, 0.3) is 0 Å². The fraction of sp³-hybridized carbons (Fsp3) is 0.176. The molecule has 120 valence electrons. The van der Waals surface area contributed by atoms with E-state index >= 15 is 0 Å². The molecule has 0 aliphatic heterocycles. The van der Waals surface area contributed by atoms with E-state index in [1.54, 1.807) is 25.3 Å². The number of nitrogens with one attached hydrogen (secondary N) is 2. The smallest absolute Gasteiger partial charge is 0.253 e. The number of hydrogen-bond donors (Lipinski definition) is 3. The lowest BCUT2D eigenvalue weighted by molar-refractivity contribution is 0.0955. The molecule has 0 fully saturated rings. The van der Waals surface area contributed by atoms with Gasteiger partial charge in [0.25, 0.3) is 5.91 Å². The van der Waals surface area contributed by atoms with Gasteiger partial charge in [0, 0.05) is 6.54 Å². The Morgan fingerprint density at radius 1 is 1.17 bits per heavy atom. The minimum Gasteiger partial charge on any atom is -0.496 e. The molecule has 0 atom stereocenters. The first-order chi connectivity index (χ1) is 11.1. The highest BCUT2D eigenvalue weighted by Crippen LogP contribution is 2.18. The van der Waals surface area contributed by atoms with Gasteiger partial charge in [-0.1, -0.05) is 30.3 Å². The first-order valence-corrected chi connectivity index (χ1v) is 7.58. The summed E-state index contributed by atoms with van der Waals surface area (Å²) in [5, 5.41) is 5.83. The fourth-order valence-electron chi connectivity index (χ4n) is 2.24. The van der Waals surface area contributed by atoms with Crippen LogP contribution >= 0.6 is 12.2 Å². The third kappa shape index (κ3) is 4.69. The molecule has 0 heterocycles. The van der Waals surface area contributed by atoms with E-state index in [9.17, 15) is 4.79 Å². The Balaban J connectivity index is 1.99. The SMILES string of the molecule is COc1ccccc1CCNC(=O)c1ccccc1NC(N)=S. The van der Waals surface area contributed by atoms with E-state index < -0.39 is 0 Å². The molecule has 0 saturated heterocycles.